The monoisotopic (exact) mass is 621 g/mol. The molecule has 5 heterocycles. The van der Waals surface area contributed by atoms with Crippen LogP contribution in [-0.2, 0) is 9.47 Å². The lowest BCUT2D eigenvalue weighted by atomic mass is 9.91. The number of carbonyl (C=O) groups excluding carboxylic acids is 2. The lowest BCUT2D eigenvalue weighted by molar-refractivity contribution is 0.0360. The third-order valence-corrected chi connectivity index (χ3v) is 9.83. The molecule has 0 saturated carbocycles. The summed E-state index contributed by atoms with van der Waals surface area (Å²) in [4.78, 5) is 29.6. The summed E-state index contributed by atoms with van der Waals surface area (Å²) in [6.07, 6.45) is 8.03. The lowest BCUT2D eigenvalue weighted by Gasteiger charge is -2.38. The third kappa shape index (κ3) is 8.06. The molecule has 0 aromatic heterocycles. The molecule has 2 spiro atoms. The number of likely N-dealkylation sites (tertiary alicyclic amines) is 1. The van der Waals surface area contributed by atoms with E-state index in [4.69, 9.17) is 14.2 Å². The number of hydrogen-bond acceptors (Lipinski definition) is 9. The Morgan fingerprint density at radius 2 is 1.18 bits per heavy atom. The maximum atomic E-state index is 11.3. The van der Waals surface area contributed by atoms with Crippen molar-refractivity contribution in [2.75, 3.05) is 75.3 Å². The number of aromatic hydroxyl groups is 1. The Kier molecular flexibility index (Phi) is 9.73. The average molecular weight is 622 g/mol. The van der Waals surface area contributed by atoms with E-state index in [0.717, 1.165) is 82.9 Å². The molecule has 5 aliphatic heterocycles. The number of carbonyl (C=O) groups is 2. The molecule has 0 atom stereocenters. The standard InChI is InChI=1S/C21H31N3O3.C13H16N2O3/c25-20-22-17-21(27-20)9-14-24(15-10-21)18-5-7-19(8-6-18)26-16-4-13-23-11-2-1-3-12-23;16-11-3-1-10(2-4-11)15-7-5-13(6-8-15)9-14-12(17)18-13/h5-8H,1-4,9-17H2,(H,22,25);1-4,16H,5-9H2,(H,14,17). The van der Waals surface area contributed by atoms with Gasteiger partial charge in [-0.15, -0.1) is 0 Å². The van der Waals surface area contributed by atoms with Crippen molar-refractivity contribution in [2.24, 2.45) is 0 Å². The van der Waals surface area contributed by atoms with Gasteiger partial charge in [0.15, 0.2) is 0 Å². The van der Waals surface area contributed by atoms with Gasteiger partial charge in [-0.1, -0.05) is 6.42 Å². The first-order chi connectivity index (χ1) is 21.9. The van der Waals surface area contributed by atoms with Crippen molar-refractivity contribution in [1.29, 1.82) is 0 Å². The van der Waals surface area contributed by atoms with Gasteiger partial charge in [-0.05, 0) is 80.9 Å². The zero-order chi connectivity index (χ0) is 31.1. The van der Waals surface area contributed by atoms with Crippen LogP contribution in [0.25, 0.3) is 0 Å². The van der Waals surface area contributed by atoms with Gasteiger partial charge < -0.3 is 44.7 Å². The highest BCUT2D eigenvalue weighted by molar-refractivity contribution is 5.71. The van der Waals surface area contributed by atoms with Crippen LogP contribution in [0.1, 0.15) is 51.4 Å². The van der Waals surface area contributed by atoms with E-state index in [-0.39, 0.29) is 29.1 Å². The van der Waals surface area contributed by atoms with Gasteiger partial charge in [-0.25, -0.2) is 9.59 Å². The fraction of sp³-hybridized carbons (Fsp3) is 0.588. The molecule has 5 fully saturated rings. The van der Waals surface area contributed by atoms with E-state index in [1.165, 1.54) is 38.0 Å². The first-order valence-electron chi connectivity index (χ1n) is 16.6. The molecular formula is C34H47N5O6. The Labute approximate surface area is 265 Å². The Hall–Kier alpha value is -3.86. The summed E-state index contributed by atoms with van der Waals surface area (Å²) in [5, 5.41) is 14.8. The highest BCUT2D eigenvalue weighted by Crippen LogP contribution is 2.33. The van der Waals surface area contributed by atoms with Crippen LogP contribution in [0.3, 0.4) is 0 Å². The third-order valence-electron chi connectivity index (χ3n) is 9.83. The smallest absolute Gasteiger partial charge is 0.407 e. The van der Waals surface area contributed by atoms with Crippen LogP contribution < -0.4 is 25.2 Å². The molecular weight excluding hydrogens is 574 g/mol. The van der Waals surface area contributed by atoms with E-state index in [0.29, 0.717) is 13.1 Å². The van der Waals surface area contributed by atoms with Crippen molar-refractivity contribution in [3.05, 3.63) is 48.5 Å². The van der Waals surface area contributed by atoms with Gasteiger partial charge in [0.25, 0.3) is 0 Å². The Morgan fingerprint density at radius 1 is 0.689 bits per heavy atom. The van der Waals surface area contributed by atoms with Crippen LogP contribution in [0.4, 0.5) is 21.0 Å². The van der Waals surface area contributed by atoms with Crippen LogP contribution in [-0.4, -0.2) is 98.9 Å². The number of ether oxygens (including phenoxy) is 3. The molecule has 3 N–H and O–H groups in total. The predicted molar refractivity (Wildman–Crippen MR) is 172 cm³/mol. The van der Waals surface area contributed by atoms with Gasteiger partial charge in [-0.2, -0.15) is 0 Å². The predicted octanol–water partition coefficient (Wildman–Crippen LogP) is 4.49. The quantitative estimate of drug-likeness (QED) is 0.385. The van der Waals surface area contributed by atoms with Crippen molar-refractivity contribution < 1.29 is 28.9 Å². The van der Waals surface area contributed by atoms with E-state index in [1.807, 2.05) is 12.1 Å². The second-order valence-electron chi connectivity index (χ2n) is 12.9. The van der Waals surface area contributed by atoms with Crippen molar-refractivity contribution >= 4 is 23.6 Å². The van der Waals surface area contributed by atoms with E-state index in [9.17, 15) is 14.7 Å². The first-order valence-corrected chi connectivity index (χ1v) is 16.6. The van der Waals surface area contributed by atoms with Crippen molar-refractivity contribution in [3.63, 3.8) is 0 Å². The minimum absolute atomic E-state index is 0.273. The van der Waals surface area contributed by atoms with Gasteiger partial charge in [0, 0.05) is 69.8 Å². The Bertz CT molecular complexity index is 1270. The van der Waals surface area contributed by atoms with Crippen LogP contribution >= 0.6 is 0 Å². The number of amides is 2. The number of anilines is 2. The molecule has 244 valence electrons. The minimum atomic E-state index is -0.301. The molecule has 0 unspecified atom stereocenters. The fourth-order valence-electron chi connectivity index (χ4n) is 6.98. The Morgan fingerprint density at radius 3 is 1.64 bits per heavy atom. The summed E-state index contributed by atoms with van der Waals surface area (Å²) in [6, 6.07) is 15.6. The van der Waals surface area contributed by atoms with Gasteiger partial charge in [0.1, 0.15) is 22.7 Å². The van der Waals surface area contributed by atoms with E-state index < -0.39 is 0 Å². The van der Waals surface area contributed by atoms with Gasteiger partial charge in [0.2, 0.25) is 0 Å². The SMILES string of the molecule is O=C1NCC2(CCN(c3ccc(O)cc3)CC2)O1.O=C1NCC2(CCN(c3ccc(OCCCN4CCCCC4)cc3)CC2)O1. The van der Waals surface area contributed by atoms with Gasteiger partial charge >= 0.3 is 12.2 Å². The van der Waals surface area contributed by atoms with Crippen LogP contribution in [0.15, 0.2) is 48.5 Å². The van der Waals surface area contributed by atoms with Gasteiger partial charge in [-0.3, -0.25) is 0 Å². The summed E-state index contributed by atoms with van der Waals surface area (Å²) in [5.74, 6) is 1.22. The molecule has 11 heteroatoms. The normalized spacial score (nSPS) is 22.2. The lowest BCUT2D eigenvalue weighted by Crippen LogP contribution is -2.46. The number of hydrogen-bond donors (Lipinski definition) is 3. The number of benzene rings is 2. The van der Waals surface area contributed by atoms with Crippen molar-refractivity contribution in [2.45, 2.75) is 62.6 Å². The molecule has 2 aromatic rings. The molecule has 11 nitrogen and oxygen atoms in total. The van der Waals surface area contributed by atoms with Crippen LogP contribution in [0.2, 0.25) is 0 Å². The van der Waals surface area contributed by atoms with Crippen LogP contribution in [0, 0.1) is 0 Å². The molecule has 2 aromatic carbocycles. The molecule has 0 aliphatic carbocycles. The number of phenolic OH excluding ortho intramolecular Hbond substituents is 1. The topological polar surface area (TPSA) is 116 Å². The summed E-state index contributed by atoms with van der Waals surface area (Å²) >= 11 is 0. The number of phenols is 1. The summed E-state index contributed by atoms with van der Waals surface area (Å²) in [5.41, 5.74) is 1.72. The molecule has 5 aliphatic rings. The van der Waals surface area contributed by atoms with E-state index in [1.54, 1.807) is 12.1 Å². The van der Waals surface area contributed by atoms with Crippen molar-refractivity contribution in [1.82, 2.24) is 15.5 Å². The molecule has 0 radical (unpaired) electrons. The highest BCUT2D eigenvalue weighted by atomic mass is 16.6. The number of nitrogens with zero attached hydrogens (tertiary/aromatic N) is 3. The average Bonchev–Trinajstić information content (AvgIpc) is 3.62. The van der Waals surface area contributed by atoms with Crippen LogP contribution in [0.5, 0.6) is 11.5 Å². The number of alkyl carbamates (subject to hydrolysis) is 2. The van der Waals surface area contributed by atoms with Gasteiger partial charge in [0.05, 0.1) is 19.7 Å². The number of rotatable bonds is 7. The maximum Gasteiger partial charge on any atom is 0.407 e. The summed E-state index contributed by atoms with van der Waals surface area (Å²) in [7, 11) is 0. The summed E-state index contributed by atoms with van der Waals surface area (Å²) < 4.78 is 16.8. The maximum absolute atomic E-state index is 11.3. The largest absolute Gasteiger partial charge is 0.508 e. The zero-order valence-electron chi connectivity index (χ0n) is 26.2. The van der Waals surface area contributed by atoms with E-state index >= 15 is 0 Å². The summed E-state index contributed by atoms with van der Waals surface area (Å²) in [6.45, 7) is 9.23. The Balaban J connectivity index is 0.000000172. The number of nitrogens with one attached hydrogen (secondary N) is 2. The van der Waals surface area contributed by atoms with Crippen molar-refractivity contribution in [3.8, 4) is 11.5 Å². The molecule has 7 rings (SSSR count). The first kappa shape index (κ1) is 31.1. The second-order valence-corrected chi connectivity index (χ2v) is 12.9. The molecule has 0 bridgehead atoms. The fourth-order valence-corrected chi connectivity index (χ4v) is 6.98. The van der Waals surface area contributed by atoms with E-state index in [2.05, 4.69) is 49.6 Å². The number of piperidine rings is 3. The minimum Gasteiger partial charge on any atom is -0.508 e. The molecule has 2 amide bonds. The molecule has 5 saturated heterocycles. The highest BCUT2D eigenvalue weighted by Gasteiger charge is 2.43. The second kappa shape index (κ2) is 14.1. The zero-order valence-corrected chi connectivity index (χ0v) is 26.2. The molecule has 45 heavy (non-hydrogen) atoms.